The molecule has 1 fully saturated rings. The highest BCUT2D eigenvalue weighted by Gasteiger charge is 2.31. The molecular weight excluding hydrogens is 266 g/mol. The van der Waals surface area contributed by atoms with Crippen molar-refractivity contribution in [2.75, 3.05) is 38.6 Å². The first-order valence-corrected chi connectivity index (χ1v) is 7.07. The Balaban J connectivity index is 1.96. The fourth-order valence-electron chi connectivity index (χ4n) is 2.56. The van der Waals surface area contributed by atoms with Crippen molar-refractivity contribution < 1.29 is 4.79 Å². The van der Waals surface area contributed by atoms with Crippen LogP contribution in [0, 0.1) is 0 Å². The maximum Gasteiger partial charge on any atom is 0.246 e. The number of piperazine rings is 1. The minimum atomic E-state index is -0.255. The van der Waals surface area contributed by atoms with E-state index in [1.165, 1.54) is 0 Å². The molecule has 1 aromatic heterocycles. The lowest BCUT2D eigenvalue weighted by Gasteiger charge is -2.36. The predicted molar refractivity (Wildman–Crippen MR) is 82.2 cm³/mol. The van der Waals surface area contributed by atoms with Crippen molar-refractivity contribution >= 4 is 22.8 Å². The largest absolute Gasteiger partial charge is 0.347 e. The molecule has 2 heterocycles. The summed E-state index contributed by atoms with van der Waals surface area (Å²) in [6.07, 6.45) is 1.82. The zero-order valence-corrected chi connectivity index (χ0v) is 12.3. The second-order valence-corrected chi connectivity index (χ2v) is 5.37. The molecule has 1 atom stereocenters. The predicted octanol–water partition coefficient (Wildman–Crippen LogP) is 0.496. The third-order valence-corrected chi connectivity index (χ3v) is 3.70. The van der Waals surface area contributed by atoms with Crippen LogP contribution in [0.2, 0.25) is 0 Å². The van der Waals surface area contributed by atoms with Crippen LogP contribution in [0.1, 0.15) is 0 Å². The summed E-state index contributed by atoms with van der Waals surface area (Å²) in [5.74, 6) is 0.689. The van der Waals surface area contributed by atoms with E-state index in [4.69, 9.17) is 0 Å². The normalized spacial score (nSPS) is 18.8. The van der Waals surface area contributed by atoms with Crippen LogP contribution in [0.5, 0.6) is 0 Å². The molecule has 1 N–H and O–H groups in total. The Morgan fingerprint density at radius 3 is 3.00 bits per heavy atom. The van der Waals surface area contributed by atoms with Gasteiger partial charge in [-0.25, -0.2) is 9.97 Å². The van der Waals surface area contributed by atoms with Gasteiger partial charge in [0.15, 0.2) is 0 Å². The number of hydrogen-bond acceptors (Lipinski definition) is 5. The van der Waals surface area contributed by atoms with E-state index in [0.29, 0.717) is 12.5 Å². The Bertz CT molecular complexity index is 657. The molecule has 1 saturated heterocycles. The van der Waals surface area contributed by atoms with Gasteiger partial charge in [-0.3, -0.25) is 4.79 Å². The maximum atomic E-state index is 12.3. The Morgan fingerprint density at radius 2 is 2.19 bits per heavy atom. The van der Waals surface area contributed by atoms with Crippen LogP contribution in [0.25, 0.3) is 10.9 Å². The number of para-hydroxylation sites is 1. The molecule has 1 aliphatic rings. The van der Waals surface area contributed by atoms with Crippen LogP contribution in [-0.2, 0) is 4.79 Å². The summed E-state index contributed by atoms with van der Waals surface area (Å²) in [6.45, 7) is 2.17. The Labute approximate surface area is 123 Å². The van der Waals surface area contributed by atoms with E-state index in [9.17, 15) is 4.79 Å². The molecule has 0 radical (unpaired) electrons. The fraction of sp³-hybridized carbons (Fsp3) is 0.400. The molecule has 0 bridgehead atoms. The Kier molecular flexibility index (Phi) is 3.70. The van der Waals surface area contributed by atoms with E-state index in [0.717, 1.165) is 24.0 Å². The highest BCUT2D eigenvalue weighted by Crippen LogP contribution is 2.18. The molecule has 0 spiro atoms. The van der Waals surface area contributed by atoms with Crippen LogP contribution < -0.4 is 10.2 Å². The van der Waals surface area contributed by atoms with Gasteiger partial charge in [0.2, 0.25) is 11.9 Å². The van der Waals surface area contributed by atoms with Gasteiger partial charge in [-0.05, 0) is 6.07 Å². The second kappa shape index (κ2) is 5.65. The van der Waals surface area contributed by atoms with Gasteiger partial charge in [0.1, 0.15) is 6.04 Å². The number of carbonyl (C=O) groups excluding carboxylic acids is 1. The first-order chi connectivity index (χ1) is 10.2. The number of carbonyl (C=O) groups is 1. The van der Waals surface area contributed by atoms with Crippen molar-refractivity contribution in [3.8, 4) is 0 Å². The van der Waals surface area contributed by atoms with Gasteiger partial charge in [0.05, 0.1) is 5.52 Å². The lowest BCUT2D eigenvalue weighted by Crippen LogP contribution is -2.58. The van der Waals surface area contributed by atoms with Crippen molar-refractivity contribution in [2.45, 2.75) is 6.04 Å². The van der Waals surface area contributed by atoms with Crippen LogP contribution in [0.15, 0.2) is 30.5 Å². The number of fused-ring (bicyclic) bond motifs is 1. The van der Waals surface area contributed by atoms with Crippen LogP contribution >= 0.6 is 0 Å². The number of hydrogen-bond donors (Lipinski definition) is 1. The number of amides is 1. The van der Waals surface area contributed by atoms with Crippen molar-refractivity contribution in [1.29, 1.82) is 0 Å². The van der Waals surface area contributed by atoms with Crippen molar-refractivity contribution in [1.82, 2.24) is 20.2 Å². The number of benzene rings is 1. The number of nitrogens with zero attached hydrogens (tertiary/aromatic N) is 4. The summed E-state index contributed by atoms with van der Waals surface area (Å²) in [5.41, 5.74) is 0.900. The van der Waals surface area contributed by atoms with Crippen LogP contribution in [0.3, 0.4) is 0 Å². The van der Waals surface area contributed by atoms with Gasteiger partial charge in [-0.15, -0.1) is 0 Å². The maximum absolute atomic E-state index is 12.3. The average Bonchev–Trinajstić information content (AvgIpc) is 2.53. The summed E-state index contributed by atoms with van der Waals surface area (Å²) in [7, 11) is 3.55. The molecule has 1 unspecified atom stereocenters. The SMILES string of the molecule is CN(C)C(=O)C1CNCCN1c1ncc2ccccc2n1. The van der Waals surface area contributed by atoms with Gasteiger partial charge in [0.25, 0.3) is 0 Å². The highest BCUT2D eigenvalue weighted by molar-refractivity contribution is 5.85. The van der Waals surface area contributed by atoms with E-state index in [2.05, 4.69) is 15.3 Å². The fourth-order valence-corrected chi connectivity index (χ4v) is 2.56. The van der Waals surface area contributed by atoms with E-state index in [1.807, 2.05) is 35.4 Å². The van der Waals surface area contributed by atoms with Crippen LogP contribution in [-0.4, -0.2) is 60.5 Å². The first-order valence-electron chi connectivity index (χ1n) is 7.07. The number of anilines is 1. The quantitative estimate of drug-likeness (QED) is 0.870. The smallest absolute Gasteiger partial charge is 0.246 e. The Hall–Kier alpha value is -2.21. The Morgan fingerprint density at radius 1 is 1.38 bits per heavy atom. The van der Waals surface area contributed by atoms with E-state index >= 15 is 0 Å². The van der Waals surface area contributed by atoms with Gasteiger partial charge >= 0.3 is 0 Å². The van der Waals surface area contributed by atoms with Gasteiger partial charge in [-0.1, -0.05) is 18.2 Å². The summed E-state index contributed by atoms with van der Waals surface area (Å²) in [4.78, 5) is 25.0. The van der Waals surface area contributed by atoms with E-state index in [-0.39, 0.29) is 11.9 Å². The van der Waals surface area contributed by atoms with E-state index < -0.39 is 0 Å². The first kappa shape index (κ1) is 13.8. The lowest BCUT2D eigenvalue weighted by molar-refractivity contribution is -0.130. The topological polar surface area (TPSA) is 61.4 Å². The summed E-state index contributed by atoms with van der Waals surface area (Å²) >= 11 is 0. The standard InChI is InChI=1S/C15H19N5O/c1-19(2)14(21)13-10-16-7-8-20(13)15-17-9-11-5-3-4-6-12(11)18-15/h3-6,9,13,16H,7-8,10H2,1-2H3. The molecule has 3 rings (SSSR count). The molecular formula is C15H19N5O. The third kappa shape index (κ3) is 2.67. The monoisotopic (exact) mass is 285 g/mol. The molecule has 6 nitrogen and oxygen atoms in total. The van der Waals surface area contributed by atoms with Gasteiger partial charge in [-0.2, -0.15) is 0 Å². The zero-order valence-electron chi connectivity index (χ0n) is 12.3. The van der Waals surface area contributed by atoms with Gasteiger partial charge < -0.3 is 15.1 Å². The zero-order chi connectivity index (χ0) is 14.8. The average molecular weight is 285 g/mol. The number of nitrogens with one attached hydrogen (secondary N) is 1. The van der Waals surface area contributed by atoms with Crippen LogP contribution in [0.4, 0.5) is 5.95 Å². The third-order valence-electron chi connectivity index (χ3n) is 3.70. The minimum absolute atomic E-state index is 0.0685. The highest BCUT2D eigenvalue weighted by atomic mass is 16.2. The number of rotatable bonds is 2. The minimum Gasteiger partial charge on any atom is -0.347 e. The molecule has 1 amide bonds. The molecule has 6 heteroatoms. The van der Waals surface area contributed by atoms with Crippen molar-refractivity contribution in [3.63, 3.8) is 0 Å². The van der Waals surface area contributed by atoms with Crippen molar-refractivity contribution in [3.05, 3.63) is 30.5 Å². The summed E-state index contributed by atoms with van der Waals surface area (Å²) in [6, 6.07) is 7.62. The molecule has 1 aromatic carbocycles. The molecule has 0 aliphatic carbocycles. The van der Waals surface area contributed by atoms with Crippen molar-refractivity contribution in [2.24, 2.45) is 0 Å². The molecule has 21 heavy (non-hydrogen) atoms. The van der Waals surface area contributed by atoms with Gasteiger partial charge in [0, 0.05) is 45.3 Å². The molecule has 0 saturated carbocycles. The molecule has 110 valence electrons. The second-order valence-electron chi connectivity index (χ2n) is 5.37. The lowest BCUT2D eigenvalue weighted by atomic mass is 10.1. The summed E-state index contributed by atoms with van der Waals surface area (Å²) in [5, 5.41) is 4.27. The van der Waals surface area contributed by atoms with E-state index in [1.54, 1.807) is 19.0 Å². The number of aromatic nitrogens is 2. The summed E-state index contributed by atoms with van der Waals surface area (Å²) < 4.78 is 0. The number of likely N-dealkylation sites (N-methyl/N-ethyl adjacent to an activating group) is 1. The molecule has 2 aromatic rings. The molecule has 1 aliphatic heterocycles.